The van der Waals surface area contributed by atoms with Crippen molar-refractivity contribution in [2.45, 2.75) is 57.8 Å². The first kappa shape index (κ1) is 20.6. The second-order valence-electron chi connectivity index (χ2n) is 5.91. The number of carbonyl (C=O) groups excluding carboxylic acids is 2. The average Bonchev–Trinajstić information content (AvgIpc) is 2.62. The van der Waals surface area contributed by atoms with Gasteiger partial charge < -0.3 is 9.47 Å². The summed E-state index contributed by atoms with van der Waals surface area (Å²) in [5.41, 5.74) is -1.01. The van der Waals surface area contributed by atoms with Crippen molar-refractivity contribution in [3.63, 3.8) is 0 Å². The SMILES string of the molecule is CCCCOC(=O)CC(C#N)(CC(=O)OCCCC)c1ccccn1. The summed E-state index contributed by atoms with van der Waals surface area (Å²) < 4.78 is 10.3. The van der Waals surface area contributed by atoms with E-state index in [1.54, 1.807) is 18.2 Å². The van der Waals surface area contributed by atoms with Crippen LogP contribution in [0.15, 0.2) is 24.4 Å². The Bertz CT molecular complexity index is 557. The number of aromatic nitrogens is 1. The van der Waals surface area contributed by atoms with Crippen molar-refractivity contribution in [3.05, 3.63) is 30.1 Å². The molecule has 0 unspecified atom stereocenters. The van der Waals surface area contributed by atoms with Crippen LogP contribution in [0.5, 0.6) is 0 Å². The summed E-state index contributed by atoms with van der Waals surface area (Å²) in [6, 6.07) is 7.19. The van der Waals surface area contributed by atoms with Gasteiger partial charge in [0.2, 0.25) is 0 Å². The molecule has 0 aliphatic heterocycles. The van der Waals surface area contributed by atoms with Gasteiger partial charge in [0.05, 0.1) is 37.8 Å². The van der Waals surface area contributed by atoms with E-state index in [0.29, 0.717) is 18.9 Å². The third kappa shape index (κ3) is 6.92. The maximum absolute atomic E-state index is 12.2. The standard InChI is InChI=1S/C19H26N2O4/c1-3-5-11-24-17(22)13-19(15-20,16-9-7-8-10-21-16)14-18(23)25-12-6-4-2/h7-10H,3-6,11-14H2,1-2H3. The predicted octanol–water partition coefficient (Wildman–Crippen LogP) is 3.31. The lowest BCUT2D eigenvalue weighted by Crippen LogP contribution is -2.33. The van der Waals surface area contributed by atoms with Gasteiger partial charge in [-0.1, -0.05) is 32.8 Å². The third-order valence-electron chi connectivity index (χ3n) is 3.78. The van der Waals surface area contributed by atoms with Crippen molar-refractivity contribution in [1.82, 2.24) is 4.98 Å². The van der Waals surface area contributed by atoms with Crippen LogP contribution in [-0.4, -0.2) is 30.1 Å². The molecule has 1 rings (SSSR count). The van der Waals surface area contributed by atoms with Crippen molar-refractivity contribution in [3.8, 4) is 6.07 Å². The molecule has 0 spiro atoms. The minimum atomic E-state index is -1.38. The highest BCUT2D eigenvalue weighted by Gasteiger charge is 2.40. The Labute approximate surface area is 149 Å². The van der Waals surface area contributed by atoms with Crippen LogP contribution < -0.4 is 0 Å². The number of carbonyl (C=O) groups is 2. The van der Waals surface area contributed by atoms with E-state index in [9.17, 15) is 14.9 Å². The maximum Gasteiger partial charge on any atom is 0.307 e. The van der Waals surface area contributed by atoms with Crippen LogP contribution in [0.3, 0.4) is 0 Å². The molecule has 1 heterocycles. The van der Waals surface area contributed by atoms with Gasteiger partial charge in [-0.15, -0.1) is 0 Å². The van der Waals surface area contributed by atoms with Crippen LogP contribution in [0.2, 0.25) is 0 Å². The Morgan fingerprint density at radius 1 is 1.08 bits per heavy atom. The van der Waals surface area contributed by atoms with Crippen LogP contribution >= 0.6 is 0 Å². The normalized spacial score (nSPS) is 10.8. The molecule has 0 radical (unpaired) electrons. The number of rotatable bonds is 11. The van der Waals surface area contributed by atoms with E-state index in [0.717, 1.165) is 25.7 Å². The van der Waals surface area contributed by atoms with Gasteiger partial charge in [-0.2, -0.15) is 5.26 Å². The van der Waals surface area contributed by atoms with Crippen molar-refractivity contribution >= 4 is 11.9 Å². The Kier molecular flexibility index (Phi) is 9.23. The van der Waals surface area contributed by atoms with E-state index < -0.39 is 17.4 Å². The average molecular weight is 346 g/mol. The summed E-state index contributed by atoms with van der Waals surface area (Å²) in [6.45, 7) is 4.60. The highest BCUT2D eigenvalue weighted by atomic mass is 16.5. The second-order valence-corrected chi connectivity index (χ2v) is 5.91. The van der Waals surface area contributed by atoms with E-state index in [2.05, 4.69) is 11.1 Å². The van der Waals surface area contributed by atoms with Crippen LogP contribution in [0.4, 0.5) is 0 Å². The monoisotopic (exact) mass is 346 g/mol. The zero-order valence-electron chi connectivity index (χ0n) is 15.0. The first-order valence-corrected chi connectivity index (χ1v) is 8.72. The van der Waals surface area contributed by atoms with Crippen molar-refractivity contribution < 1.29 is 19.1 Å². The van der Waals surface area contributed by atoms with Gasteiger partial charge >= 0.3 is 11.9 Å². The highest BCUT2D eigenvalue weighted by molar-refractivity contribution is 5.77. The highest BCUT2D eigenvalue weighted by Crippen LogP contribution is 2.31. The fourth-order valence-corrected chi connectivity index (χ4v) is 2.28. The summed E-state index contributed by atoms with van der Waals surface area (Å²) in [7, 11) is 0. The van der Waals surface area contributed by atoms with E-state index in [1.165, 1.54) is 6.20 Å². The number of esters is 2. The number of unbranched alkanes of at least 4 members (excludes halogenated alkanes) is 2. The Morgan fingerprint density at radius 2 is 1.64 bits per heavy atom. The fraction of sp³-hybridized carbons (Fsp3) is 0.579. The predicted molar refractivity (Wildman–Crippen MR) is 92.5 cm³/mol. The molecule has 0 aliphatic rings. The van der Waals surface area contributed by atoms with Crippen molar-refractivity contribution in [1.29, 1.82) is 5.26 Å². The quantitative estimate of drug-likeness (QED) is 0.451. The smallest absolute Gasteiger partial charge is 0.307 e. The molecular formula is C19H26N2O4. The lowest BCUT2D eigenvalue weighted by atomic mass is 9.79. The summed E-state index contributed by atoms with van der Waals surface area (Å²) in [5, 5.41) is 9.77. The summed E-state index contributed by atoms with van der Waals surface area (Å²) in [6.07, 6.45) is 4.40. The molecule has 0 aromatic carbocycles. The number of ether oxygens (including phenoxy) is 2. The molecule has 0 amide bonds. The number of hydrogen-bond donors (Lipinski definition) is 0. The van der Waals surface area contributed by atoms with Gasteiger partial charge in [0, 0.05) is 6.20 Å². The topological polar surface area (TPSA) is 89.3 Å². The fourth-order valence-electron chi connectivity index (χ4n) is 2.28. The lowest BCUT2D eigenvalue weighted by Gasteiger charge is -2.24. The number of nitrogens with zero attached hydrogens (tertiary/aromatic N) is 2. The molecule has 136 valence electrons. The van der Waals surface area contributed by atoms with E-state index in [-0.39, 0.29) is 12.8 Å². The van der Waals surface area contributed by atoms with Gasteiger partial charge in [-0.3, -0.25) is 14.6 Å². The number of pyridine rings is 1. The van der Waals surface area contributed by atoms with Gasteiger partial charge in [-0.25, -0.2) is 0 Å². The molecule has 25 heavy (non-hydrogen) atoms. The third-order valence-corrected chi connectivity index (χ3v) is 3.78. The van der Waals surface area contributed by atoms with E-state index in [4.69, 9.17) is 9.47 Å². The molecule has 1 aromatic heterocycles. The van der Waals surface area contributed by atoms with Gasteiger partial charge in [0.1, 0.15) is 5.41 Å². The summed E-state index contributed by atoms with van der Waals surface area (Å²) in [4.78, 5) is 28.5. The van der Waals surface area contributed by atoms with Gasteiger partial charge in [-0.05, 0) is 25.0 Å². The molecule has 0 fully saturated rings. The molecule has 6 nitrogen and oxygen atoms in total. The van der Waals surface area contributed by atoms with Crippen molar-refractivity contribution in [2.24, 2.45) is 0 Å². The summed E-state index contributed by atoms with van der Waals surface area (Å²) in [5.74, 6) is -1.02. The lowest BCUT2D eigenvalue weighted by molar-refractivity contribution is -0.147. The van der Waals surface area contributed by atoms with Gasteiger partial charge in [0.25, 0.3) is 0 Å². The minimum Gasteiger partial charge on any atom is -0.466 e. The maximum atomic E-state index is 12.2. The Hall–Kier alpha value is -2.42. The Balaban J connectivity index is 2.91. The number of hydrogen-bond acceptors (Lipinski definition) is 6. The molecule has 0 bridgehead atoms. The zero-order chi connectivity index (χ0) is 18.5. The molecule has 0 atom stereocenters. The second kappa shape index (κ2) is 11.2. The first-order valence-electron chi connectivity index (χ1n) is 8.72. The summed E-state index contributed by atoms with van der Waals surface area (Å²) >= 11 is 0. The van der Waals surface area contributed by atoms with Crippen LogP contribution in [0.25, 0.3) is 0 Å². The molecule has 0 aliphatic carbocycles. The van der Waals surface area contributed by atoms with Crippen molar-refractivity contribution in [2.75, 3.05) is 13.2 Å². The van der Waals surface area contributed by atoms with E-state index >= 15 is 0 Å². The van der Waals surface area contributed by atoms with Crippen LogP contribution in [0, 0.1) is 11.3 Å². The largest absolute Gasteiger partial charge is 0.466 e. The molecule has 6 heteroatoms. The molecular weight excluding hydrogens is 320 g/mol. The molecule has 0 saturated heterocycles. The van der Waals surface area contributed by atoms with Gasteiger partial charge in [0.15, 0.2) is 0 Å². The Morgan fingerprint density at radius 3 is 2.04 bits per heavy atom. The van der Waals surface area contributed by atoms with E-state index in [1.807, 2.05) is 13.8 Å². The zero-order valence-corrected chi connectivity index (χ0v) is 15.0. The number of nitriles is 1. The van der Waals surface area contributed by atoms with Crippen LogP contribution in [-0.2, 0) is 24.5 Å². The van der Waals surface area contributed by atoms with Crippen LogP contribution in [0.1, 0.15) is 58.1 Å². The first-order chi connectivity index (χ1) is 12.1. The molecule has 1 aromatic rings. The molecule has 0 N–H and O–H groups in total. The minimum absolute atomic E-state index is 0.229. The molecule has 0 saturated carbocycles.